The molecular weight excluding hydrogens is 541 g/mol. The monoisotopic (exact) mass is 557 g/mol. The Morgan fingerprint density at radius 3 is 2.74 bits per heavy atom. The predicted molar refractivity (Wildman–Crippen MR) is 135 cm³/mol. The number of hydrazone groups is 1. The van der Waals surface area contributed by atoms with Gasteiger partial charge in [-0.3, -0.25) is 14.9 Å². The third-order valence-corrected chi connectivity index (χ3v) is 6.73. The van der Waals surface area contributed by atoms with E-state index in [9.17, 15) is 19.3 Å². The fraction of sp³-hybridized carbons (Fsp3) is 0.0833. The second kappa shape index (κ2) is 10.6. The minimum Gasteiger partial charge on any atom is -0.493 e. The minimum atomic E-state index is -0.483. The second-order valence-electron chi connectivity index (χ2n) is 7.19. The van der Waals surface area contributed by atoms with E-state index in [1.807, 2.05) is 0 Å². The Labute approximate surface area is 211 Å². The molecule has 0 fully saturated rings. The molecule has 0 saturated heterocycles. The molecule has 35 heavy (non-hydrogen) atoms. The number of carbonyl (C=O) groups excluding carboxylic acids is 1. The molecule has 1 aromatic heterocycles. The van der Waals surface area contributed by atoms with E-state index in [1.54, 1.807) is 42.5 Å². The van der Waals surface area contributed by atoms with Gasteiger partial charge in [0.05, 0.1) is 23.1 Å². The molecule has 0 unspecified atom stereocenters. The van der Waals surface area contributed by atoms with E-state index in [1.165, 1.54) is 42.9 Å². The van der Waals surface area contributed by atoms with Gasteiger partial charge >= 0.3 is 0 Å². The van der Waals surface area contributed by atoms with Crippen LogP contribution in [0.4, 0.5) is 10.1 Å². The Kier molecular flexibility index (Phi) is 7.37. The summed E-state index contributed by atoms with van der Waals surface area (Å²) in [4.78, 5) is 23.3. The molecule has 4 aromatic rings. The van der Waals surface area contributed by atoms with E-state index in [0.717, 1.165) is 4.70 Å². The van der Waals surface area contributed by atoms with E-state index in [4.69, 9.17) is 9.47 Å². The van der Waals surface area contributed by atoms with E-state index < -0.39 is 10.8 Å². The molecule has 0 saturated carbocycles. The number of non-ortho nitro benzene ring substituents is 1. The lowest BCUT2D eigenvalue weighted by atomic mass is 10.2. The van der Waals surface area contributed by atoms with E-state index in [-0.39, 0.29) is 18.1 Å². The molecule has 0 radical (unpaired) electrons. The van der Waals surface area contributed by atoms with Crippen molar-refractivity contribution in [1.29, 1.82) is 0 Å². The van der Waals surface area contributed by atoms with Crippen molar-refractivity contribution in [3.05, 3.63) is 97.1 Å². The summed E-state index contributed by atoms with van der Waals surface area (Å²) in [6.07, 6.45) is 1.43. The number of thiophene rings is 1. The molecular formula is C24H17BrFN3O5S. The number of nitro benzene ring substituents is 1. The SMILES string of the molecule is COc1cc(/C=N\NC(=O)c2cc3cc([N+](=O)[O-])ccc3s2)c(Br)cc1OCc1ccccc1F. The maximum atomic E-state index is 13.9. The van der Waals surface area contributed by atoms with Crippen molar-refractivity contribution in [1.82, 2.24) is 5.43 Å². The van der Waals surface area contributed by atoms with Gasteiger partial charge in [0.1, 0.15) is 12.4 Å². The first-order valence-electron chi connectivity index (χ1n) is 10.1. The van der Waals surface area contributed by atoms with Gasteiger partial charge in [0, 0.05) is 37.8 Å². The van der Waals surface area contributed by atoms with Crippen molar-refractivity contribution in [3.8, 4) is 11.5 Å². The van der Waals surface area contributed by atoms with Crippen molar-refractivity contribution < 1.29 is 23.6 Å². The Morgan fingerprint density at radius 1 is 1.20 bits per heavy atom. The van der Waals surface area contributed by atoms with Crippen molar-refractivity contribution >= 4 is 55.2 Å². The Hall–Kier alpha value is -3.83. The van der Waals surface area contributed by atoms with Gasteiger partial charge in [0.15, 0.2) is 11.5 Å². The van der Waals surface area contributed by atoms with Gasteiger partial charge in [0.25, 0.3) is 11.6 Å². The summed E-state index contributed by atoms with van der Waals surface area (Å²) in [5, 5.41) is 15.6. The zero-order valence-electron chi connectivity index (χ0n) is 18.2. The van der Waals surface area contributed by atoms with Crippen LogP contribution in [0.15, 0.2) is 70.2 Å². The first-order valence-corrected chi connectivity index (χ1v) is 11.7. The summed E-state index contributed by atoms with van der Waals surface area (Å²) in [5.74, 6) is 0.00604. The number of nitrogens with one attached hydrogen (secondary N) is 1. The van der Waals surface area contributed by atoms with Crippen LogP contribution in [0, 0.1) is 15.9 Å². The summed E-state index contributed by atoms with van der Waals surface area (Å²) in [5.41, 5.74) is 3.43. The molecule has 1 heterocycles. The van der Waals surface area contributed by atoms with Crippen LogP contribution in [0.25, 0.3) is 10.1 Å². The van der Waals surface area contributed by atoms with Gasteiger partial charge in [-0.05, 0) is 46.3 Å². The van der Waals surface area contributed by atoms with Crippen LogP contribution in [0.5, 0.6) is 11.5 Å². The van der Waals surface area contributed by atoms with Crippen LogP contribution in [0.3, 0.4) is 0 Å². The van der Waals surface area contributed by atoms with Gasteiger partial charge in [-0.25, -0.2) is 9.82 Å². The number of rotatable bonds is 8. The van der Waals surface area contributed by atoms with E-state index in [2.05, 4.69) is 26.5 Å². The van der Waals surface area contributed by atoms with Crippen molar-refractivity contribution in [2.24, 2.45) is 5.10 Å². The lowest BCUT2D eigenvalue weighted by Crippen LogP contribution is -2.16. The molecule has 1 N–H and O–H groups in total. The molecule has 3 aromatic carbocycles. The number of nitro groups is 1. The van der Waals surface area contributed by atoms with E-state index in [0.29, 0.717) is 37.4 Å². The summed E-state index contributed by atoms with van der Waals surface area (Å²) >= 11 is 4.65. The Bertz CT molecular complexity index is 1460. The highest BCUT2D eigenvalue weighted by atomic mass is 79.9. The van der Waals surface area contributed by atoms with Crippen LogP contribution in [0.2, 0.25) is 0 Å². The minimum absolute atomic E-state index is 0.0251. The number of hydrogen-bond donors (Lipinski definition) is 1. The molecule has 4 rings (SSSR count). The number of ether oxygens (including phenoxy) is 2. The number of methoxy groups -OCH3 is 1. The smallest absolute Gasteiger partial charge is 0.281 e. The number of hydrogen-bond acceptors (Lipinski definition) is 7. The number of nitrogens with zero attached hydrogens (tertiary/aromatic N) is 2. The van der Waals surface area contributed by atoms with E-state index >= 15 is 0 Å². The van der Waals surface area contributed by atoms with Gasteiger partial charge in [-0.15, -0.1) is 11.3 Å². The molecule has 8 nitrogen and oxygen atoms in total. The zero-order valence-corrected chi connectivity index (χ0v) is 20.6. The molecule has 0 aliphatic carbocycles. The van der Waals surface area contributed by atoms with Gasteiger partial charge < -0.3 is 9.47 Å². The average molecular weight is 558 g/mol. The highest BCUT2D eigenvalue weighted by molar-refractivity contribution is 9.10. The van der Waals surface area contributed by atoms with Crippen molar-refractivity contribution in [2.45, 2.75) is 6.61 Å². The third-order valence-electron chi connectivity index (χ3n) is 4.93. The van der Waals surface area contributed by atoms with Gasteiger partial charge in [-0.2, -0.15) is 5.10 Å². The first-order chi connectivity index (χ1) is 16.9. The highest BCUT2D eigenvalue weighted by Crippen LogP contribution is 2.34. The molecule has 0 aliphatic heterocycles. The van der Waals surface area contributed by atoms with Crippen LogP contribution in [-0.2, 0) is 6.61 Å². The summed E-state index contributed by atoms with van der Waals surface area (Å²) < 4.78 is 26.3. The number of amides is 1. The maximum Gasteiger partial charge on any atom is 0.281 e. The predicted octanol–water partition coefficient (Wildman–Crippen LogP) is 6.06. The molecule has 178 valence electrons. The van der Waals surface area contributed by atoms with Gasteiger partial charge in [-0.1, -0.05) is 18.2 Å². The third kappa shape index (κ3) is 5.64. The maximum absolute atomic E-state index is 13.9. The molecule has 11 heteroatoms. The highest BCUT2D eigenvalue weighted by Gasteiger charge is 2.14. The normalized spacial score (nSPS) is 11.1. The Morgan fingerprint density at radius 2 is 2.00 bits per heavy atom. The summed E-state index contributed by atoms with van der Waals surface area (Å²) in [6.45, 7) is 0.0251. The number of fused-ring (bicyclic) bond motifs is 1. The van der Waals surface area contributed by atoms with Crippen LogP contribution >= 0.6 is 27.3 Å². The zero-order chi connectivity index (χ0) is 24.9. The molecule has 0 aliphatic rings. The number of halogens is 2. The first kappa shape index (κ1) is 24.3. The molecule has 0 atom stereocenters. The fourth-order valence-electron chi connectivity index (χ4n) is 3.16. The van der Waals surface area contributed by atoms with Gasteiger partial charge in [0.2, 0.25) is 0 Å². The fourth-order valence-corrected chi connectivity index (χ4v) is 4.52. The standard InChI is InChI=1S/C24H17BrFN3O5S/c1-33-20-9-16(18(25)11-21(20)34-13-14-4-2-3-5-19(14)26)12-27-28-24(30)23-10-15-8-17(29(31)32)6-7-22(15)35-23/h2-12H,13H2,1H3,(H,28,30)/b27-12-. The van der Waals surface area contributed by atoms with Crippen LogP contribution < -0.4 is 14.9 Å². The molecule has 1 amide bonds. The molecule has 0 spiro atoms. The topological polar surface area (TPSA) is 103 Å². The summed E-state index contributed by atoms with van der Waals surface area (Å²) in [7, 11) is 1.48. The Balaban J connectivity index is 1.45. The number of carbonyl (C=O) groups is 1. The average Bonchev–Trinajstić information content (AvgIpc) is 3.28. The van der Waals surface area contributed by atoms with Crippen LogP contribution in [0.1, 0.15) is 20.8 Å². The summed E-state index contributed by atoms with van der Waals surface area (Å²) in [6, 6.07) is 15.7. The number of benzene rings is 3. The molecule has 0 bridgehead atoms. The van der Waals surface area contributed by atoms with Crippen LogP contribution in [-0.4, -0.2) is 24.2 Å². The van der Waals surface area contributed by atoms with Crippen molar-refractivity contribution in [2.75, 3.05) is 7.11 Å². The lowest BCUT2D eigenvalue weighted by molar-refractivity contribution is -0.384. The second-order valence-corrected chi connectivity index (χ2v) is 9.13. The lowest BCUT2D eigenvalue weighted by Gasteiger charge is -2.13. The van der Waals surface area contributed by atoms with Crippen molar-refractivity contribution in [3.63, 3.8) is 0 Å². The largest absolute Gasteiger partial charge is 0.493 e. The quantitative estimate of drug-likeness (QED) is 0.161.